The molecule has 2 heterocycles. The molecule has 6 nitrogen and oxygen atoms in total. The Morgan fingerprint density at radius 2 is 2.47 bits per heavy atom. The molecule has 2 N–H and O–H groups in total. The monoisotopic (exact) mass is 238 g/mol. The van der Waals surface area contributed by atoms with Crippen molar-refractivity contribution in [3.8, 4) is 0 Å². The molecule has 0 aromatic carbocycles. The molecule has 0 radical (unpaired) electrons. The number of aliphatic hydroxyl groups excluding tert-OH is 1. The predicted molar refractivity (Wildman–Crippen MR) is 61.5 cm³/mol. The topological polar surface area (TPSA) is 82.1 Å². The van der Waals surface area contributed by atoms with Gasteiger partial charge in [-0.2, -0.15) is 0 Å². The van der Waals surface area contributed by atoms with E-state index in [1.165, 1.54) is 0 Å². The van der Waals surface area contributed by atoms with E-state index < -0.39 is 0 Å². The lowest BCUT2D eigenvalue weighted by Crippen LogP contribution is -2.36. The van der Waals surface area contributed by atoms with Gasteiger partial charge in [-0.1, -0.05) is 0 Å². The first-order chi connectivity index (χ1) is 8.22. The first-order valence-electron chi connectivity index (χ1n) is 6.03. The molecule has 1 amide bonds. The average Bonchev–Trinajstić information content (AvgIpc) is 2.94. The van der Waals surface area contributed by atoms with E-state index in [1.807, 2.05) is 4.90 Å². The molecule has 1 aromatic heterocycles. The van der Waals surface area contributed by atoms with Crippen molar-refractivity contribution in [1.29, 1.82) is 0 Å². The number of amides is 1. The highest BCUT2D eigenvalue weighted by atomic mass is 16.3. The number of aliphatic hydroxyl groups is 1. The van der Waals surface area contributed by atoms with Crippen molar-refractivity contribution in [3.63, 3.8) is 0 Å². The number of rotatable bonds is 4. The summed E-state index contributed by atoms with van der Waals surface area (Å²) in [5.41, 5.74) is 0. The van der Waals surface area contributed by atoms with Gasteiger partial charge in [-0.05, 0) is 32.6 Å². The Bertz CT molecular complexity index is 391. The maximum Gasteiger partial charge on any atom is 0.293 e. The van der Waals surface area contributed by atoms with E-state index in [9.17, 15) is 4.79 Å². The SMILES string of the molecule is Cc1nc(C(=O)N2CCCC2CCCO)n[nH]1. The minimum Gasteiger partial charge on any atom is -0.396 e. The molecule has 1 saturated heterocycles. The number of nitrogens with one attached hydrogen (secondary N) is 1. The number of carbonyl (C=O) groups excluding carboxylic acids is 1. The molecule has 0 spiro atoms. The number of aromatic amines is 1. The number of hydrogen-bond donors (Lipinski definition) is 2. The summed E-state index contributed by atoms with van der Waals surface area (Å²) in [4.78, 5) is 18.0. The van der Waals surface area contributed by atoms with Gasteiger partial charge >= 0.3 is 0 Å². The lowest BCUT2D eigenvalue weighted by Gasteiger charge is -2.23. The third-order valence-corrected chi connectivity index (χ3v) is 3.12. The van der Waals surface area contributed by atoms with Crippen LogP contribution in [0.25, 0.3) is 0 Å². The molecule has 1 aliphatic heterocycles. The minimum atomic E-state index is -0.102. The van der Waals surface area contributed by atoms with Crippen molar-refractivity contribution < 1.29 is 9.90 Å². The van der Waals surface area contributed by atoms with Crippen LogP contribution in [0.4, 0.5) is 0 Å². The zero-order valence-corrected chi connectivity index (χ0v) is 10.0. The Morgan fingerprint density at radius 1 is 1.65 bits per heavy atom. The van der Waals surface area contributed by atoms with Crippen molar-refractivity contribution >= 4 is 5.91 Å². The average molecular weight is 238 g/mol. The fraction of sp³-hybridized carbons (Fsp3) is 0.727. The van der Waals surface area contributed by atoms with Crippen molar-refractivity contribution in [2.45, 2.75) is 38.6 Å². The van der Waals surface area contributed by atoms with Gasteiger partial charge < -0.3 is 10.0 Å². The van der Waals surface area contributed by atoms with E-state index in [2.05, 4.69) is 15.2 Å². The number of aromatic nitrogens is 3. The quantitative estimate of drug-likeness (QED) is 0.799. The summed E-state index contributed by atoms with van der Waals surface area (Å²) in [5.74, 6) is 0.799. The van der Waals surface area contributed by atoms with Gasteiger partial charge in [0.15, 0.2) is 0 Å². The molecule has 0 aliphatic carbocycles. The summed E-state index contributed by atoms with van der Waals surface area (Å²) in [6.45, 7) is 2.72. The highest BCUT2D eigenvalue weighted by Gasteiger charge is 2.30. The fourth-order valence-corrected chi connectivity index (χ4v) is 2.30. The standard InChI is InChI=1S/C11H18N4O2/c1-8-12-10(14-13-8)11(17)15-6-2-4-9(15)5-3-7-16/h9,16H,2-7H2,1H3,(H,12,13,14). The van der Waals surface area contributed by atoms with E-state index in [-0.39, 0.29) is 24.4 Å². The molecule has 1 fully saturated rings. The molecule has 0 saturated carbocycles. The van der Waals surface area contributed by atoms with Crippen molar-refractivity contribution in [3.05, 3.63) is 11.6 Å². The second-order valence-electron chi connectivity index (χ2n) is 4.40. The molecule has 2 rings (SSSR count). The Hall–Kier alpha value is -1.43. The molecule has 1 aromatic rings. The maximum absolute atomic E-state index is 12.2. The van der Waals surface area contributed by atoms with Crippen LogP contribution in [0.15, 0.2) is 0 Å². The molecule has 0 bridgehead atoms. The summed E-state index contributed by atoms with van der Waals surface area (Å²) >= 11 is 0. The first-order valence-corrected chi connectivity index (χ1v) is 6.03. The Morgan fingerprint density at radius 3 is 3.12 bits per heavy atom. The molecule has 17 heavy (non-hydrogen) atoms. The zero-order chi connectivity index (χ0) is 12.3. The summed E-state index contributed by atoms with van der Waals surface area (Å²) in [6.07, 6.45) is 3.62. The largest absolute Gasteiger partial charge is 0.396 e. The number of carbonyl (C=O) groups is 1. The molecule has 6 heteroatoms. The normalized spacial score (nSPS) is 19.9. The molecule has 1 unspecified atom stereocenters. The summed E-state index contributed by atoms with van der Waals surface area (Å²) in [5, 5.41) is 15.4. The second kappa shape index (κ2) is 5.27. The van der Waals surface area contributed by atoms with E-state index in [1.54, 1.807) is 6.92 Å². The minimum absolute atomic E-state index is 0.102. The van der Waals surface area contributed by atoms with Crippen LogP contribution in [-0.4, -0.2) is 50.3 Å². The van der Waals surface area contributed by atoms with Crippen LogP contribution in [0.5, 0.6) is 0 Å². The van der Waals surface area contributed by atoms with Crippen LogP contribution in [0.3, 0.4) is 0 Å². The van der Waals surface area contributed by atoms with Gasteiger partial charge in [0.05, 0.1) is 0 Å². The van der Waals surface area contributed by atoms with Crippen LogP contribution in [-0.2, 0) is 0 Å². The van der Waals surface area contributed by atoms with Gasteiger partial charge in [-0.25, -0.2) is 4.98 Å². The highest BCUT2D eigenvalue weighted by Crippen LogP contribution is 2.22. The van der Waals surface area contributed by atoms with Crippen LogP contribution >= 0.6 is 0 Å². The van der Waals surface area contributed by atoms with Crippen LogP contribution in [0, 0.1) is 6.92 Å². The van der Waals surface area contributed by atoms with Crippen LogP contribution in [0.2, 0.25) is 0 Å². The third-order valence-electron chi connectivity index (χ3n) is 3.12. The molecule has 1 atom stereocenters. The van der Waals surface area contributed by atoms with E-state index in [4.69, 9.17) is 5.11 Å². The van der Waals surface area contributed by atoms with E-state index >= 15 is 0 Å². The molecule has 1 aliphatic rings. The van der Waals surface area contributed by atoms with Gasteiger partial charge in [0.25, 0.3) is 5.91 Å². The van der Waals surface area contributed by atoms with Crippen LogP contribution < -0.4 is 0 Å². The molecular weight excluding hydrogens is 220 g/mol. The third kappa shape index (κ3) is 2.63. The summed E-state index contributed by atoms with van der Waals surface area (Å²) in [7, 11) is 0. The lowest BCUT2D eigenvalue weighted by atomic mass is 10.1. The molecular formula is C11H18N4O2. The molecule has 94 valence electrons. The number of aryl methyl sites for hydroxylation is 1. The number of nitrogens with zero attached hydrogens (tertiary/aromatic N) is 3. The smallest absolute Gasteiger partial charge is 0.293 e. The van der Waals surface area contributed by atoms with Crippen molar-refractivity contribution in [1.82, 2.24) is 20.1 Å². The predicted octanol–water partition coefficient (Wildman–Crippen LogP) is 0.490. The van der Waals surface area contributed by atoms with Gasteiger partial charge in [0.1, 0.15) is 5.82 Å². The Kier molecular flexibility index (Phi) is 3.73. The number of H-pyrrole nitrogens is 1. The van der Waals surface area contributed by atoms with Gasteiger partial charge in [-0.15, -0.1) is 5.10 Å². The van der Waals surface area contributed by atoms with Crippen molar-refractivity contribution in [2.24, 2.45) is 0 Å². The van der Waals surface area contributed by atoms with Gasteiger partial charge in [0.2, 0.25) is 5.82 Å². The Balaban J connectivity index is 2.03. The van der Waals surface area contributed by atoms with Gasteiger partial charge in [-0.3, -0.25) is 9.89 Å². The number of hydrogen-bond acceptors (Lipinski definition) is 4. The van der Waals surface area contributed by atoms with E-state index in [0.29, 0.717) is 5.82 Å². The fourth-order valence-electron chi connectivity index (χ4n) is 2.30. The summed E-state index contributed by atoms with van der Waals surface area (Å²) < 4.78 is 0. The van der Waals surface area contributed by atoms with E-state index in [0.717, 1.165) is 32.2 Å². The highest BCUT2D eigenvalue weighted by molar-refractivity contribution is 5.90. The zero-order valence-electron chi connectivity index (χ0n) is 10.0. The second-order valence-corrected chi connectivity index (χ2v) is 4.40. The Labute approximate surface area is 100 Å². The maximum atomic E-state index is 12.2. The lowest BCUT2D eigenvalue weighted by molar-refractivity contribution is 0.0712. The van der Waals surface area contributed by atoms with Crippen LogP contribution in [0.1, 0.15) is 42.1 Å². The first kappa shape index (κ1) is 12.0. The number of likely N-dealkylation sites (tertiary alicyclic amines) is 1. The van der Waals surface area contributed by atoms with Gasteiger partial charge in [0, 0.05) is 19.2 Å². The summed E-state index contributed by atoms with van der Waals surface area (Å²) in [6, 6.07) is 0.230. The van der Waals surface area contributed by atoms with Crippen molar-refractivity contribution in [2.75, 3.05) is 13.2 Å².